The van der Waals surface area contributed by atoms with Crippen LogP contribution in [0.15, 0.2) is 76.0 Å². The number of hydrogen-bond acceptors (Lipinski definition) is 9. The van der Waals surface area contributed by atoms with E-state index in [1.807, 2.05) is 104 Å². The predicted octanol–water partition coefficient (Wildman–Crippen LogP) is 9.36. The fourth-order valence-corrected chi connectivity index (χ4v) is 9.38. The number of nitrogens with one attached hydrogen (secondary N) is 1. The van der Waals surface area contributed by atoms with Crippen molar-refractivity contribution < 1.29 is 43.7 Å². The molecule has 12 heteroatoms. The van der Waals surface area contributed by atoms with Crippen molar-refractivity contribution in [2.75, 3.05) is 26.2 Å². The maximum atomic E-state index is 14.6. The van der Waals surface area contributed by atoms with Crippen LogP contribution in [-0.4, -0.2) is 88.4 Å². The highest BCUT2D eigenvalue weighted by molar-refractivity contribution is 6.23. The first-order valence-corrected chi connectivity index (χ1v) is 22.6. The first kappa shape index (κ1) is 48.6. The van der Waals surface area contributed by atoms with Crippen molar-refractivity contribution in [2.24, 2.45) is 27.7 Å². The van der Waals surface area contributed by atoms with Gasteiger partial charge in [0, 0.05) is 56.8 Å². The summed E-state index contributed by atoms with van der Waals surface area (Å²) < 4.78 is 5.79. The molecule has 0 saturated heterocycles. The lowest BCUT2D eigenvalue weighted by atomic mass is 9.72. The molecule has 63 heavy (non-hydrogen) atoms. The lowest BCUT2D eigenvalue weighted by Crippen LogP contribution is -2.50. The van der Waals surface area contributed by atoms with E-state index in [0.29, 0.717) is 37.8 Å². The number of fused-ring (bicyclic) bond motifs is 3. The Kier molecular flexibility index (Phi) is 16.1. The third kappa shape index (κ3) is 12.9. The van der Waals surface area contributed by atoms with Crippen LogP contribution in [0.1, 0.15) is 137 Å². The number of ether oxygens (including phenoxy) is 1. The second-order valence-electron chi connectivity index (χ2n) is 20.0. The Labute approximate surface area is 372 Å². The van der Waals surface area contributed by atoms with Gasteiger partial charge in [-0.2, -0.15) is 0 Å². The van der Waals surface area contributed by atoms with Crippen LogP contribution in [0.5, 0.6) is 0 Å². The number of aliphatic hydroxyl groups is 1. The summed E-state index contributed by atoms with van der Waals surface area (Å²) in [5.41, 5.74) is 5.07. The maximum Gasteiger partial charge on any atom is 0.407 e. The van der Waals surface area contributed by atoms with Crippen LogP contribution >= 0.6 is 0 Å². The molecule has 0 bridgehead atoms. The number of rotatable bonds is 19. The van der Waals surface area contributed by atoms with Gasteiger partial charge in [-0.05, 0) is 77.0 Å². The topological polar surface area (TPSA) is 180 Å². The van der Waals surface area contributed by atoms with Crippen LogP contribution in [-0.2, 0) is 28.7 Å². The average Bonchev–Trinajstić information content (AvgIpc) is 3.49. The van der Waals surface area contributed by atoms with E-state index >= 15 is 0 Å². The summed E-state index contributed by atoms with van der Waals surface area (Å²) in [6.07, 6.45) is 1.39. The minimum Gasteiger partial charge on any atom is -0.511 e. The van der Waals surface area contributed by atoms with Gasteiger partial charge >= 0.3 is 12.1 Å². The van der Waals surface area contributed by atoms with Crippen LogP contribution in [0.2, 0.25) is 0 Å². The van der Waals surface area contributed by atoms with Gasteiger partial charge in [-0.25, -0.2) is 4.79 Å². The molecule has 1 saturated carbocycles. The molecule has 2 aromatic carbocycles. The van der Waals surface area contributed by atoms with Crippen LogP contribution in [0, 0.1) is 22.7 Å². The van der Waals surface area contributed by atoms with Crippen LogP contribution in [0.4, 0.5) is 4.79 Å². The van der Waals surface area contributed by atoms with E-state index in [4.69, 9.17) is 9.73 Å². The number of aliphatic carboxylic acids is 1. The molecule has 0 radical (unpaired) electrons. The number of benzene rings is 2. The number of nitrogens with zero attached hydrogens (tertiary/aromatic N) is 2. The number of alkyl carbamates (subject to hydrolysis) is 1. The number of carboxylic acid groups (broad SMARTS) is 1. The Morgan fingerprint density at radius 1 is 0.794 bits per heavy atom. The lowest BCUT2D eigenvalue weighted by Gasteiger charge is -2.31. The number of allylic oxidation sites excluding steroid dienone is 4. The monoisotopic (exact) mass is 865 g/mol. The zero-order valence-corrected chi connectivity index (χ0v) is 38.5. The minimum absolute atomic E-state index is 0.00270. The molecule has 0 heterocycles. The van der Waals surface area contributed by atoms with Gasteiger partial charge in [0.2, 0.25) is 5.91 Å². The number of carbonyl (C=O) groups is 6. The molecular formula is C51H67N3O9. The molecule has 3 aliphatic rings. The summed E-state index contributed by atoms with van der Waals surface area (Å²) in [7, 11) is 0. The molecule has 0 aliphatic heterocycles. The third-order valence-electron chi connectivity index (χ3n) is 12.1. The number of amides is 2. The maximum absolute atomic E-state index is 14.6. The molecule has 0 aromatic heterocycles. The number of ketones is 3. The number of carboxylic acids is 1. The van der Waals surface area contributed by atoms with E-state index in [0.717, 1.165) is 27.8 Å². The van der Waals surface area contributed by atoms with E-state index in [1.54, 1.807) is 0 Å². The van der Waals surface area contributed by atoms with Crippen molar-refractivity contribution in [2.45, 2.75) is 132 Å². The molecule has 0 spiro atoms. The van der Waals surface area contributed by atoms with Gasteiger partial charge in [0.25, 0.3) is 0 Å². The van der Waals surface area contributed by atoms with Crippen LogP contribution < -0.4 is 5.32 Å². The van der Waals surface area contributed by atoms with Crippen molar-refractivity contribution in [1.82, 2.24) is 10.2 Å². The first-order chi connectivity index (χ1) is 29.7. The molecule has 3 aliphatic carbocycles. The van der Waals surface area contributed by atoms with E-state index in [-0.39, 0.29) is 104 Å². The molecule has 2 aromatic rings. The molecule has 1 atom stereocenters. The molecular weight excluding hydrogens is 799 g/mol. The second-order valence-corrected chi connectivity index (χ2v) is 20.0. The Hall–Kier alpha value is -5.39. The third-order valence-corrected chi connectivity index (χ3v) is 12.1. The summed E-state index contributed by atoms with van der Waals surface area (Å²) in [4.78, 5) is 86.7. The molecule has 1 unspecified atom stereocenters. The van der Waals surface area contributed by atoms with Crippen molar-refractivity contribution in [3.05, 3.63) is 82.1 Å². The number of hydrogen-bond donors (Lipinski definition) is 3. The number of carbonyl (C=O) groups excluding carboxylic acids is 5. The van der Waals surface area contributed by atoms with Crippen molar-refractivity contribution in [3.63, 3.8) is 0 Å². The van der Waals surface area contributed by atoms with Gasteiger partial charge in [0.1, 0.15) is 18.4 Å². The number of aliphatic imine (C=N–C) groups is 1. The Morgan fingerprint density at radius 2 is 1.35 bits per heavy atom. The Bertz CT molecular complexity index is 2110. The lowest BCUT2D eigenvalue weighted by molar-refractivity contribution is -0.138. The Balaban J connectivity index is 1.41. The summed E-state index contributed by atoms with van der Waals surface area (Å²) in [6.45, 7) is 16.0. The highest BCUT2D eigenvalue weighted by atomic mass is 16.5. The molecule has 3 N–H and O–H groups in total. The van der Waals surface area contributed by atoms with Crippen LogP contribution in [0.3, 0.4) is 0 Å². The quantitative estimate of drug-likeness (QED) is 0.0705. The summed E-state index contributed by atoms with van der Waals surface area (Å²) in [5, 5.41) is 23.5. The predicted molar refractivity (Wildman–Crippen MR) is 244 cm³/mol. The van der Waals surface area contributed by atoms with Crippen molar-refractivity contribution >= 4 is 41.0 Å². The van der Waals surface area contributed by atoms with E-state index in [2.05, 4.69) is 5.32 Å². The standard InChI is InChI=1S/C51H67N3O9/c1-31(2)24-33(46-41(55)26-50(5,6)27-42(46)56)14-13-22-54(23-21-52-40(25-32(3)4)47-43(57)28-51(7,8)29-44(47)58)48(61)39(19-20-45(59)60)53-49(62)63-30-38-36-17-11-9-15-34(36)35-16-10-12-18-37(35)38/h9-12,15-18,31-32,38-39,57H,13-14,19-30H2,1-8H3,(H,53,62)(H,59,60). The average molecular weight is 866 g/mol. The molecule has 12 nitrogen and oxygen atoms in total. The van der Waals surface area contributed by atoms with Crippen molar-refractivity contribution in [3.8, 4) is 11.1 Å². The SMILES string of the molecule is CC(C)CC(=NCCN(CCCC(CC(C)C)=C1C(=O)CC(C)(C)CC1=O)C(=O)C(CCC(=O)O)NC(=O)OCC1c2ccccc2-c2ccccc21)C1=C(O)CC(C)(C)CC1=O. The molecule has 1 fully saturated rings. The summed E-state index contributed by atoms with van der Waals surface area (Å²) in [6, 6.07) is 14.6. The van der Waals surface area contributed by atoms with Gasteiger partial charge in [-0.1, -0.05) is 109 Å². The van der Waals surface area contributed by atoms with Crippen molar-refractivity contribution in [1.29, 1.82) is 0 Å². The first-order valence-electron chi connectivity index (χ1n) is 22.6. The number of aliphatic hydroxyl groups excluding tert-OH is 1. The van der Waals surface area contributed by atoms with Crippen LogP contribution in [0.25, 0.3) is 11.1 Å². The fourth-order valence-electron chi connectivity index (χ4n) is 9.38. The largest absolute Gasteiger partial charge is 0.511 e. The normalized spacial score (nSPS) is 17.8. The molecule has 2 amide bonds. The molecule has 5 rings (SSSR count). The highest BCUT2D eigenvalue weighted by Gasteiger charge is 2.38. The summed E-state index contributed by atoms with van der Waals surface area (Å²) >= 11 is 0. The van der Waals surface area contributed by atoms with E-state index in [1.165, 1.54) is 4.90 Å². The van der Waals surface area contributed by atoms with E-state index in [9.17, 15) is 39.0 Å². The number of Topliss-reactive ketones (excluding diaryl/α,β-unsaturated/α-hetero) is 3. The van der Waals surface area contributed by atoms with Gasteiger partial charge in [-0.3, -0.25) is 29.0 Å². The highest BCUT2D eigenvalue weighted by Crippen LogP contribution is 2.44. The molecule has 340 valence electrons. The Morgan fingerprint density at radius 3 is 1.90 bits per heavy atom. The minimum atomic E-state index is -1.26. The summed E-state index contributed by atoms with van der Waals surface area (Å²) in [5.74, 6) is -2.14. The van der Waals surface area contributed by atoms with Gasteiger partial charge < -0.3 is 25.2 Å². The van der Waals surface area contributed by atoms with Gasteiger partial charge in [0.05, 0.1) is 17.7 Å². The van der Waals surface area contributed by atoms with E-state index < -0.39 is 41.3 Å². The van der Waals surface area contributed by atoms with Gasteiger partial charge in [-0.15, -0.1) is 0 Å². The van der Waals surface area contributed by atoms with Gasteiger partial charge in [0.15, 0.2) is 17.3 Å². The smallest absolute Gasteiger partial charge is 0.407 e. The second kappa shape index (κ2) is 20.9. The zero-order valence-electron chi connectivity index (χ0n) is 38.5. The zero-order chi connectivity index (χ0) is 46.2. The fraction of sp³-hybridized carbons (Fsp3) is 0.549.